The fourth-order valence-electron chi connectivity index (χ4n) is 4.66. The number of nitrogens with one attached hydrogen (secondary N) is 1. The summed E-state index contributed by atoms with van der Waals surface area (Å²) in [5.74, 6) is 0.557. The number of aliphatic imine (C=N–C) groups is 2. The van der Waals surface area contributed by atoms with Gasteiger partial charge >= 0.3 is 12.4 Å². The molecule has 1 N–H and O–H groups in total. The third kappa shape index (κ3) is 6.95. The number of hydrogen-bond donors (Lipinski definition) is 1. The molecule has 0 saturated carbocycles. The number of fused-ring (bicyclic) bond motifs is 1. The van der Waals surface area contributed by atoms with Gasteiger partial charge < -0.3 is 5.32 Å². The Morgan fingerprint density at radius 1 is 0.974 bits per heavy atom. The second-order valence-electron chi connectivity index (χ2n) is 9.42. The van der Waals surface area contributed by atoms with E-state index in [4.69, 9.17) is 4.99 Å². The molecule has 2 aromatic rings. The highest BCUT2D eigenvalue weighted by atomic mass is 19.4. The van der Waals surface area contributed by atoms with Crippen LogP contribution in [0.3, 0.4) is 0 Å². The molecule has 1 aliphatic heterocycles. The molecule has 2 heterocycles. The van der Waals surface area contributed by atoms with Gasteiger partial charge in [-0.15, -0.1) is 0 Å². The average molecular weight is 550 g/mol. The molecule has 1 atom stereocenters. The Morgan fingerprint density at radius 2 is 1.67 bits per heavy atom. The highest BCUT2D eigenvalue weighted by Gasteiger charge is 2.36. The largest absolute Gasteiger partial charge is 0.418 e. The molecule has 0 fully saturated rings. The average Bonchev–Trinajstić information content (AvgIpc) is 2.88. The summed E-state index contributed by atoms with van der Waals surface area (Å²) in [4.78, 5) is 15.5. The Labute approximate surface area is 223 Å². The first-order valence-electron chi connectivity index (χ1n) is 12.8. The molecule has 1 aromatic carbocycles. The molecular weight excluding hydrogens is 520 g/mol. The molecule has 4 rings (SSSR count). The number of halogens is 6. The van der Waals surface area contributed by atoms with E-state index < -0.39 is 29.4 Å². The zero-order valence-electron chi connectivity index (χ0n) is 21.6. The van der Waals surface area contributed by atoms with Crippen LogP contribution in [0.4, 0.5) is 32.0 Å². The first-order chi connectivity index (χ1) is 18.5. The van der Waals surface area contributed by atoms with Gasteiger partial charge in [-0.2, -0.15) is 26.3 Å². The third-order valence-electron chi connectivity index (χ3n) is 6.39. The SMILES string of the molecule is CCCN(CCC)CC1=NC(=Nc2ccc(C(F)(F)F)cc2)C2CC=C(c3ncccc3C(F)(F)F)C=C2N1. The van der Waals surface area contributed by atoms with Crippen LogP contribution in [0.2, 0.25) is 0 Å². The summed E-state index contributed by atoms with van der Waals surface area (Å²) >= 11 is 0. The number of aromatic nitrogens is 1. The summed E-state index contributed by atoms with van der Waals surface area (Å²) < 4.78 is 80.1. The first kappa shape index (κ1) is 28.5. The minimum absolute atomic E-state index is 0.165. The van der Waals surface area contributed by atoms with E-state index in [9.17, 15) is 26.3 Å². The Balaban J connectivity index is 1.72. The van der Waals surface area contributed by atoms with Crippen molar-refractivity contribution in [2.24, 2.45) is 15.9 Å². The number of allylic oxidation sites excluding steroid dienone is 3. The molecule has 208 valence electrons. The lowest BCUT2D eigenvalue weighted by Crippen LogP contribution is -2.44. The maximum absolute atomic E-state index is 13.7. The summed E-state index contributed by atoms with van der Waals surface area (Å²) in [5.41, 5.74) is -0.517. The van der Waals surface area contributed by atoms with E-state index in [0.717, 1.165) is 44.1 Å². The van der Waals surface area contributed by atoms with Crippen molar-refractivity contribution in [1.29, 1.82) is 0 Å². The lowest BCUT2D eigenvalue weighted by atomic mass is 9.88. The zero-order valence-corrected chi connectivity index (χ0v) is 21.6. The number of hydrogen-bond acceptors (Lipinski definition) is 4. The fourth-order valence-corrected chi connectivity index (χ4v) is 4.66. The molecule has 1 aromatic heterocycles. The van der Waals surface area contributed by atoms with Crippen molar-refractivity contribution in [3.05, 3.63) is 77.3 Å². The highest BCUT2D eigenvalue weighted by Crippen LogP contribution is 2.38. The topological polar surface area (TPSA) is 52.9 Å². The van der Waals surface area contributed by atoms with Crippen LogP contribution in [0.5, 0.6) is 0 Å². The van der Waals surface area contributed by atoms with Gasteiger partial charge in [-0.25, -0.2) is 9.98 Å². The van der Waals surface area contributed by atoms with E-state index in [1.54, 1.807) is 12.2 Å². The summed E-state index contributed by atoms with van der Waals surface area (Å²) in [6.45, 7) is 6.26. The molecule has 1 aliphatic carbocycles. The molecule has 0 bridgehead atoms. The third-order valence-corrected chi connectivity index (χ3v) is 6.39. The summed E-state index contributed by atoms with van der Waals surface area (Å²) in [7, 11) is 0. The van der Waals surface area contributed by atoms with E-state index in [1.807, 2.05) is 0 Å². The number of pyridine rings is 1. The smallest absolute Gasteiger partial charge is 0.345 e. The predicted octanol–water partition coefficient (Wildman–Crippen LogP) is 7.26. The van der Waals surface area contributed by atoms with Crippen LogP contribution in [0.25, 0.3) is 5.57 Å². The van der Waals surface area contributed by atoms with Crippen LogP contribution in [0.1, 0.15) is 49.9 Å². The number of alkyl halides is 6. The van der Waals surface area contributed by atoms with E-state index in [1.165, 1.54) is 24.4 Å². The van der Waals surface area contributed by atoms with Crippen LogP contribution in [0.15, 0.2) is 70.4 Å². The Morgan fingerprint density at radius 3 is 2.28 bits per heavy atom. The molecule has 0 radical (unpaired) electrons. The highest BCUT2D eigenvalue weighted by molar-refractivity contribution is 6.05. The maximum Gasteiger partial charge on any atom is 0.418 e. The second-order valence-corrected chi connectivity index (χ2v) is 9.42. The molecule has 1 unspecified atom stereocenters. The van der Waals surface area contributed by atoms with Gasteiger partial charge in [-0.1, -0.05) is 19.9 Å². The van der Waals surface area contributed by atoms with Crippen LogP contribution in [0, 0.1) is 5.92 Å². The standard InChI is InChI=1S/C28H29F6N5/c1-3-14-39(15-4-2)17-24-37-23-16-18(25-22(28(32,33)34)6-5-13-35-25)7-12-21(23)26(38-24)36-20-10-8-19(9-11-20)27(29,30)31/h5-11,13,16,21H,3-4,12,14-15,17H2,1-2H3,(H,36,37,38). The van der Waals surface area contributed by atoms with E-state index >= 15 is 0 Å². The van der Waals surface area contributed by atoms with Gasteiger partial charge in [-0.3, -0.25) is 9.88 Å². The normalized spacial score (nSPS) is 18.8. The van der Waals surface area contributed by atoms with E-state index in [2.05, 4.69) is 34.0 Å². The molecule has 11 heteroatoms. The number of nitrogens with zero attached hydrogens (tertiary/aromatic N) is 4. The van der Waals surface area contributed by atoms with Crippen LogP contribution in [-0.4, -0.2) is 41.2 Å². The van der Waals surface area contributed by atoms with Gasteiger partial charge in [0.2, 0.25) is 0 Å². The monoisotopic (exact) mass is 549 g/mol. The molecule has 0 saturated heterocycles. The Hall–Kier alpha value is -3.47. The number of benzene rings is 1. The first-order valence-corrected chi connectivity index (χ1v) is 12.8. The van der Waals surface area contributed by atoms with Gasteiger partial charge in [0.1, 0.15) is 11.7 Å². The van der Waals surface area contributed by atoms with Gasteiger partial charge in [0.25, 0.3) is 0 Å². The summed E-state index contributed by atoms with van der Waals surface area (Å²) in [5, 5.41) is 3.30. The molecule has 0 amide bonds. The van der Waals surface area contributed by atoms with Crippen molar-refractivity contribution in [2.75, 3.05) is 19.6 Å². The molecule has 5 nitrogen and oxygen atoms in total. The van der Waals surface area contributed by atoms with Gasteiger partial charge in [0, 0.05) is 11.9 Å². The van der Waals surface area contributed by atoms with Crippen molar-refractivity contribution in [3.8, 4) is 0 Å². The molecular formula is C28H29F6N5. The van der Waals surface area contributed by atoms with Gasteiger partial charge in [0.05, 0.1) is 35.0 Å². The van der Waals surface area contributed by atoms with Crippen LogP contribution in [-0.2, 0) is 12.4 Å². The van der Waals surface area contributed by atoms with Crippen molar-refractivity contribution >= 4 is 22.9 Å². The molecule has 39 heavy (non-hydrogen) atoms. The van der Waals surface area contributed by atoms with E-state index in [0.29, 0.717) is 41.6 Å². The quantitative estimate of drug-likeness (QED) is 0.353. The molecule has 0 spiro atoms. The van der Waals surface area contributed by atoms with Crippen LogP contribution < -0.4 is 5.32 Å². The maximum atomic E-state index is 13.7. The van der Waals surface area contributed by atoms with Crippen molar-refractivity contribution in [1.82, 2.24) is 15.2 Å². The number of amidine groups is 2. The number of rotatable bonds is 8. The Kier molecular flexibility index (Phi) is 8.58. The van der Waals surface area contributed by atoms with E-state index in [-0.39, 0.29) is 5.69 Å². The summed E-state index contributed by atoms with van der Waals surface area (Å²) in [6.07, 6.45) is -2.26. The lowest BCUT2D eigenvalue weighted by molar-refractivity contribution is -0.138. The Bertz CT molecular complexity index is 1280. The van der Waals surface area contributed by atoms with Crippen LogP contribution >= 0.6 is 0 Å². The molecule has 2 aliphatic rings. The van der Waals surface area contributed by atoms with Gasteiger partial charge in [0.15, 0.2) is 0 Å². The van der Waals surface area contributed by atoms with Crippen molar-refractivity contribution in [2.45, 2.75) is 45.5 Å². The van der Waals surface area contributed by atoms with Crippen molar-refractivity contribution < 1.29 is 26.3 Å². The minimum atomic E-state index is -4.57. The van der Waals surface area contributed by atoms with Crippen molar-refractivity contribution in [3.63, 3.8) is 0 Å². The zero-order chi connectivity index (χ0) is 28.2. The van der Waals surface area contributed by atoms with Gasteiger partial charge in [-0.05, 0) is 80.4 Å². The minimum Gasteiger partial charge on any atom is -0.345 e. The predicted molar refractivity (Wildman–Crippen MR) is 140 cm³/mol. The lowest BCUT2D eigenvalue weighted by Gasteiger charge is -2.32. The fraction of sp³-hybridized carbons (Fsp3) is 0.393. The second kappa shape index (κ2) is 11.7. The summed E-state index contributed by atoms with van der Waals surface area (Å²) in [6, 6.07) is 6.74.